The smallest absolute Gasteiger partial charge is 0.281 e. The Kier molecular flexibility index (Phi) is 4.44. The molecule has 0 bridgehead atoms. The second-order valence-corrected chi connectivity index (χ2v) is 7.09. The van der Waals surface area contributed by atoms with Gasteiger partial charge in [-0.3, -0.25) is 15.6 Å². The predicted molar refractivity (Wildman–Crippen MR) is 104 cm³/mol. The number of carbonyl (C=O) groups excluding carboxylic acids is 1. The van der Waals surface area contributed by atoms with Crippen molar-refractivity contribution < 1.29 is 14.3 Å². The average molecular weight is 387 g/mol. The molecule has 7 heteroatoms. The molecule has 2 aromatic carbocycles. The van der Waals surface area contributed by atoms with Crippen LogP contribution in [0.4, 0.5) is 0 Å². The Morgan fingerprint density at radius 1 is 1.08 bits per heavy atom. The Morgan fingerprint density at radius 2 is 1.85 bits per heavy atom. The van der Waals surface area contributed by atoms with E-state index in [1.165, 1.54) is 11.3 Å². The van der Waals surface area contributed by atoms with E-state index in [2.05, 4.69) is 17.4 Å². The quantitative estimate of drug-likeness (QED) is 0.659. The molecule has 26 heavy (non-hydrogen) atoms. The van der Waals surface area contributed by atoms with Gasteiger partial charge in [0.15, 0.2) is 11.5 Å². The average Bonchev–Trinajstić information content (AvgIpc) is 3.02. The summed E-state index contributed by atoms with van der Waals surface area (Å²) in [5.41, 5.74) is 6.80. The van der Waals surface area contributed by atoms with Gasteiger partial charge in [0.1, 0.15) is 18.1 Å². The molecule has 0 radical (unpaired) electrons. The van der Waals surface area contributed by atoms with E-state index in [1.807, 2.05) is 42.5 Å². The summed E-state index contributed by atoms with van der Waals surface area (Å²) in [5, 5.41) is 1.32. The lowest BCUT2D eigenvalue weighted by atomic mass is 10.1. The molecule has 2 heterocycles. The highest BCUT2D eigenvalue weighted by Gasteiger charge is 2.17. The fourth-order valence-corrected chi connectivity index (χ4v) is 4.06. The van der Waals surface area contributed by atoms with Crippen LogP contribution in [0.5, 0.6) is 11.5 Å². The number of halogens is 1. The molecular formula is C19H15ClN2O3S. The maximum atomic E-state index is 12.5. The fraction of sp³-hybridized carbons (Fsp3) is 0.105. The SMILES string of the molecule is C=C(NNC(=O)c1sc2ccccc2c1Cl)c1ccc2c(c1)OCCO2. The molecule has 1 aliphatic rings. The minimum Gasteiger partial charge on any atom is -0.486 e. The summed E-state index contributed by atoms with van der Waals surface area (Å²) >= 11 is 7.68. The third-order valence-electron chi connectivity index (χ3n) is 3.96. The van der Waals surface area contributed by atoms with Crippen LogP contribution in [0.2, 0.25) is 5.02 Å². The number of amides is 1. The summed E-state index contributed by atoms with van der Waals surface area (Å²) in [5.74, 6) is 1.05. The van der Waals surface area contributed by atoms with Gasteiger partial charge in [0.2, 0.25) is 0 Å². The molecular weight excluding hydrogens is 372 g/mol. The van der Waals surface area contributed by atoms with E-state index in [1.54, 1.807) is 0 Å². The van der Waals surface area contributed by atoms with Crippen LogP contribution in [-0.2, 0) is 0 Å². The number of fused-ring (bicyclic) bond motifs is 2. The lowest BCUT2D eigenvalue weighted by Gasteiger charge is -2.19. The number of thiophene rings is 1. The molecule has 1 amide bonds. The topological polar surface area (TPSA) is 59.6 Å². The van der Waals surface area contributed by atoms with Gasteiger partial charge in [-0.15, -0.1) is 11.3 Å². The maximum absolute atomic E-state index is 12.5. The molecule has 0 fully saturated rings. The van der Waals surface area contributed by atoms with Crippen molar-refractivity contribution in [2.45, 2.75) is 0 Å². The van der Waals surface area contributed by atoms with Crippen LogP contribution >= 0.6 is 22.9 Å². The lowest BCUT2D eigenvalue weighted by Crippen LogP contribution is -2.35. The second-order valence-electron chi connectivity index (χ2n) is 5.66. The number of carbonyl (C=O) groups is 1. The summed E-state index contributed by atoms with van der Waals surface area (Å²) in [4.78, 5) is 12.9. The molecule has 0 unspecified atom stereocenters. The zero-order valence-electron chi connectivity index (χ0n) is 13.7. The number of nitrogens with one attached hydrogen (secondary N) is 2. The van der Waals surface area contributed by atoms with Gasteiger partial charge >= 0.3 is 0 Å². The molecule has 5 nitrogen and oxygen atoms in total. The first kappa shape index (κ1) is 16.8. The van der Waals surface area contributed by atoms with Crippen molar-refractivity contribution in [2.75, 3.05) is 13.2 Å². The molecule has 1 aromatic heterocycles. The van der Waals surface area contributed by atoms with Crippen LogP contribution in [0.15, 0.2) is 49.0 Å². The Labute approximate surface area is 159 Å². The fourth-order valence-electron chi connectivity index (χ4n) is 2.65. The number of hydrogen-bond acceptors (Lipinski definition) is 5. The van der Waals surface area contributed by atoms with Gasteiger partial charge in [-0.2, -0.15) is 0 Å². The van der Waals surface area contributed by atoms with E-state index < -0.39 is 0 Å². The highest BCUT2D eigenvalue weighted by Crippen LogP contribution is 2.35. The third kappa shape index (κ3) is 3.09. The standard InChI is InChI=1S/C19H15ClN2O3S/c1-11(12-6-7-14-15(10-12)25-9-8-24-14)21-22-19(23)18-17(20)13-4-2-3-5-16(13)26-18/h2-7,10,21H,1,8-9H2,(H,22,23). The van der Waals surface area contributed by atoms with Crippen LogP contribution in [0.25, 0.3) is 15.8 Å². The Balaban J connectivity index is 1.47. The first-order chi connectivity index (χ1) is 12.6. The Hall–Kier alpha value is -2.70. The monoisotopic (exact) mass is 386 g/mol. The summed E-state index contributed by atoms with van der Waals surface area (Å²) in [6.45, 7) is 5.00. The molecule has 4 rings (SSSR count). The summed E-state index contributed by atoms with van der Waals surface area (Å²) in [7, 11) is 0. The third-order valence-corrected chi connectivity index (χ3v) is 5.63. The van der Waals surface area contributed by atoms with Crippen LogP contribution in [0.3, 0.4) is 0 Å². The minimum absolute atomic E-state index is 0.310. The van der Waals surface area contributed by atoms with Crippen LogP contribution < -0.4 is 20.3 Å². The molecule has 0 atom stereocenters. The van der Waals surface area contributed by atoms with Crippen molar-refractivity contribution >= 4 is 44.6 Å². The predicted octanol–water partition coefficient (Wildman–Crippen LogP) is 4.23. The maximum Gasteiger partial charge on any atom is 0.281 e. The first-order valence-corrected chi connectivity index (χ1v) is 9.15. The highest BCUT2D eigenvalue weighted by atomic mass is 35.5. The van der Waals surface area contributed by atoms with E-state index in [0.29, 0.717) is 40.3 Å². The normalized spacial score (nSPS) is 12.7. The van der Waals surface area contributed by atoms with E-state index in [4.69, 9.17) is 21.1 Å². The minimum atomic E-state index is -0.310. The molecule has 132 valence electrons. The number of ether oxygens (including phenoxy) is 2. The van der Waals surface area contributed by atoms with Gasteiger partial charge in [0.25, 0.3) is 5.91 Å². The zero-order chi connectivity index (χ0) is 18.1. The van der Waals surface area contributed by atoms with E-state index >= 15 is 0 Å². The van der Waals surface area contributed by atoms with Crippen LogP contribution in [-0.4, -0.2) is 19.1 Å². The van der Waals surface area contributed by atoms with Crippen LogP contribution in [0, 0.1) is 0 Å². The zero-order valence-corrected chi connectivity index (χ0v) is 15.2. The molecule has 2 N–H and O–H groups in total. The summed E-state index contributed by atoms with van der Waals surface area (Å²) in [6, 6.07) is 13.1. The van der Waals surface area contributed by atoms with Crippen LogP contribution in [0.1, 0.15) is 15.2 Å². The number of benzene rings is 2. The van der Waals surface area contributed by atoms with Gasteiger partial charge in [0.05, 0.1) is 10.7 Å². The molecule has 0 saturated heterocycles. The number of rotatable bonds is 4. The summed E-state index contributed by atoms with van der Waals surface area (Å²) in [6.07, 6.45) is 0. The van der Waals surface area contributed by atoms with Crippen molar-refractivity contribution in [1.29, 1.82) is 0 Å². The Morgan fingerprint density at radius 3 is 2.65 bits per heavy atom. The van der Waals surface area contributed by atoms with Crippen molar-refractivity contribution in [3.05, 3.63) is 64.5 Å². The van der Waals surface area contributed by atoms with Gasteiger partial charge in [0, 0.05) is 15.6 Å². The molecule has 1 aliphatic heterocycles. The lowest BCUT2D eigenvalue weighted by molar-refractivity contribution is 0.0947. The van der Waals surface area contributed by atoms with Crippen molar-refractivity contribution in [1.82, 2.24) is 10.9 Å². The van der Waals surface area contributed by atoms with Gasteiger partial charge in [-0.05, 0) is 24.3 Å². The Bertz CT molecular complexity index is 1020. The molecule has 3 aromatic rings. The van der Waals surface area contributed by atoms with Gasteiger partial charge in [-0.1, -0.05) is 36.4 Å². The van der Waals surface area contributed by atoms with E-state index in [-0.39, 0.29) is 5.91 Å². The molecule has 0 spiro atoms. The van der Waals surface area contributed by atoms with Crippen molar-refractivity contribution in [3.63, 3.8) is 0 Å². The molecule has 0 saturated carbocycles. The molecule has 0 aliphatic carbocycles. The highest BCUT2D eigenvalue weighted by molar-refractivity contribution is 7.21. The number of hydrazine groups is 1. The summed E-state index contributed by atoms with van der Waals surface area (Å²) < 4.78 is 12.0. The van der Waals surface area contributed by atoms with Gasteiger partial charge in [-0.25, -0.2) is 0 Å². The van der Waals surface area contributed by atoms with E-state index in [0.717, 1.165) is 15.6 Å². The largest absolute Gasteiger partial charge is 0.486 e. The number of hydrogen-bond donors (Lipinski definition) is 2. The van der Waals surface area contributed by atoms with Gasteiger partial charge < -0.3 is 9.47 Å². The van der Waals surface area contributed by atoms with E-state index in [9.17, 15) is 4.79 Å². The second kappa shape index (κ2) is 6.90. The van der Waals surface area contributed by atoms with Crippen molar-refractivity contribution in [2.24, 2.45) is 0 Å². The van der Waals surface area contributed by atoms with Crippen molar-refractivity contribution in [3.8, 4) is 11.5 Å². The first-order valence-electron chi connectivity index (χ1n) is 7.96.